The van der Waals surface area contributed by atoms with E-state index in [0.717, 1.165) is 28.7 Å². The fourth-order valence-electron chi connectivity index (χ4n) is 3.92. The number of rotatable bonds is 6. The second-order valence-electron chi connectivity index (χ2n) is 7.34. The van der Waals surface area contributed by atoms with Crippen LogP contribution < -0.4 is 5.32 Å². The van der Waals surface area contributed by atoms with Crippen molar-refractivity contribution in [1.29, 1.82) is 0 Å². The summed E-state index contributed by atoms with van der Waals surface area (Å²) in [5.74, 6) is -0.359. The molecule has 0 fully saturated rings. The number of carbonyl (C=O) groups excluding carboxylic acids is 1. The van der Waals surface area contributed by atoms with Crippen molar-refractivity contribution >= 4 is 33.4 Å². The SMILES string of the molecule is CCn1c2ccccc2c2cc(NC(=O)CN(C)Cc3cccc(F)c3)ccc21. The predicted molar refractivity (Wildman–Crippen MR) is 116 cm³/mol. The Morgan fingerprint density at radius 3 is 2.59 bits per heavy atom. The van der Waals surface area contributed by atoms with Gasteiger partial charge in [-0.25, -0.2) is 4.39 Å². The monoisotopic (exact) mass is 389 g/mol. The maximum Gasteiger partial charge on any atom is 0.238 e. The summed E-state index contributed by atoms with van der Waals surface area (Å²) in [4.78, 5) is 14.4. The summed E-state index contributed by atoms with van der Waals surface area (Å²) >= 11 is 0. The normalized spacial score (nSPS) is 11.4. The first-order chi connectivity index (χ1) is 14.0. The van der Waals surface area contributed by atoms with Gasteiger partial charge >= 0.3 is 0 Å². The summed E-state index contributed by atoms with van der Waals surface area (Å²) in [6.45, 7) is 3.76. The number of aromatic nitrogens is 1. The summed E-state index contributed by atoms with van der Waals surface area (Å²) in [6, 6.07) is 20.8. The number of amides is 1. The maximum absolute atomic E-state index is 13.3. The lowest BCUT2D eigenvalue weighted by atomic mass is 10.1. The van der Waals surface area contributed by atoms with Crippen molar-refractivity contribution in [3.8, 4) is 0 Å². The van der Waals surface area contributed by atoms with Crippen molar-refractivity contribution in [2.75, 3.05) is 18.9 Å². The highest BCUT2D eigenvalue weighted by atomic mass is 19.1. The molecule has 1 heterocycles. The van der Waals surface area contributed by atoms with E-state index in [1.807, 2.05) is 42.3 Å². The number of carbonyl (C=O) groups is 1. The van der Waals surface area contributed by atoms with Crippen LogP contribution in [0, 0.1) is 5.82 Å². The van der Waals surface area contributed by atoms with Crippen LogP contribution in [-0.2, 0) is 17.9 Å². The van der Waals surface area contributed by atoms with Crippen molar-refractivity contribution in [2.45, 2.75) is 20.0 Å². The van der Waals surface area contributed by atoms with Gasteiger partial charge in [-0.15, -0.1) is 0 Å². The van der Waals surface area contributed by atoms with E-state index >= 15 is 0 Å². The van der Waals surface area contributed by atoms with Crippen LogP contribution >= 0.6 is 0 Å². The third kappa shape index (κ3) is 4.00. The number of para-hydroxylation sites is 1. The molecule has 0 spiro atoms. The lowest BCUT2D eigenvalue weighted by Gasteiger charge is -2.16. The molecule has 3 aromatic carbocycles. The third-order valence-corrected chi connectivity index (χ3v) is 5.13. The molecule has 1 aromatic heterocycles. The number of anilines is 1. The van der Waals surface area contributed by atoms with Gasteiger partial charge in [0.05, 0.1) is 6.54 Å². The molecule has 4 rings (SSSR count). The zero-order chi connectivity index (χ0) is 20.4. The number of fused-ring (bicyclic) bond motifs is 3. The van der Waals surface area contributed by atoms with Crippen LogP contribution in [0.15, 0.2) is 66.7 Å². The Labute approximate surface area is 169 Å². The van der Waals surface area contributed by atoms with Gasteiger partial charge in [-0.05, 0) is 55.9 Å². The van der Waals surface area contributed by atoms with E-state index in [4.69, 9.17) is 0 Å². The van der Waals surface area contributed by atoms with E-state index < -0.39 is 0 Å². The van der Waals surface area contributed by atoms with E-state index in [0.29, 0.717) is 6.54 Å². The second-order valence-corrected chi connectivity index (χ2v) is 7.34. The molecule has 0 atom stereocenters. The van der Waals surface area contributed by atoms with Gasteiger partial charge in [-0.3, -0.25) is 9.69 Å². The highest BCUT2D eigenvalue weighted by molar-refractivity contribution is 6.09. The number of likely N-dealkylation sites (N-methyl/N-ethyl adjacent to an activating group) is 1. The molecule has 4 nitrogen and oxygen atoms in total. The average molecular weight is 389 g/mol. The van der Waals surface area contributed by atoms with Crippen molar-refractivity contribution < 1.29 is 9.18 Å². The first kappa shape index (κ1) is 19.2. The molecule has 1 amide bonds. The number of benzene rings is 3. The molecule has 148 valence electrons. The largest absolute Gasteiger partial charge is 0.341 e. The number of nitrogens with one attached hydrogen (secondary N) is 1. The molecule has 0 unspecified atom stereocenters. The van der Waals surface area contributed by atoms with Crippen molar-refractivity contribution in [3.05, 3.63) is 78.1 Å². The van der Waals surface area contributed by atoms with Crippen LogP contribution in [0.25, 0.3) is 21.8 Å². The smallest absolute Gasteiger partial charge is 0.238 e. The highest BCUT2D eigenvalue weighted by Crippen LogP contribution is 2.30. The van der Waals surface area contributed by atoms with Crippen molar-refractivity contribution in [2.24, 2.45) is 0 Å². The average Bonchev–Trinajstić information content (AvgIpc) is 3.01. The van der Waals surface area contributed by atoms with Crippen LogP contribution in [0.3, 0.4) is 0 Å². The van der Waals surface area contributed by atoms with Crippen LogP contribution in [-0.4, -0.2) is 29.0 Å². The molecule has 0 aliphatic rings. The Kier molecular flexibility index (Phi) is 5.32. The van der Waals surface area contributed by atoms with E-state index in [-0.39, 0.29) is 18.3 Å². The number of aryl methyl sites for hydroxylation is 1. The quantitative estimate of drug-likeness (QED) is 0.503. The number of hydrogen-bond acceptors (Lipinski definition) is 2. The number of hydrogen-bond donors (Lipinski definition) is 1. The van der Waals surface area contributed by atoms with Crippen molar-refractivity contribution in [1.82, 2.24) is 9.47 Å². The molecule has 0 saturated carbocycles. The molecule has 4 aromatic rings. The standard InChI is InChI=1S/C24H24FN3O/c1-3-28-22-10-5-4-9-20(22)21-14-19(11-12-23(21)28)26-24(29)16-27(2)15-17-7-6-8-18(25)13-17/h4-14H,3,15-16H2,1-2H3,(H,26,29). The van der Waals surface area contributed by atoms with Gasteiger partial charge in [0.2, 0.25) is 5.91 Å². The Hall–Kier alpha value is -3.18. The fourth-order valence-corrected chi connectivity index (χ4v) is 3.92. The summed E-state index contributed by atoms with van der Waals surface area (Å²) < 4.78 is 15.6. The second kappa shape index (κ2) is 8.05. The van der Waals surface area contributed by atoms with Gasteiger partial charge in [0, 0.05) is 40.6 Å². The van der Waals surface area contributed by atoms with E-state index in [9.17, 15) is 9.18 Å². The van der Waals surface area contributed by atoms with Crippen LogP contribution in [0.1, 0.15) is 12.5 Å². The van der Waals surface area contributed by atoms with Gasteiger partial charge in [0.25, 0.3) is 0 Å². The highest BCUT2D eigenvalue weighted by Gasteiger charge is 2.12. The van der Waals surface area contributed by atoms with Crippen LogP contribution in [0.2, 0.25) is 0 Å². The summed E-state index contributed by atoms with van der Waals surface area (Å²) in [6.07, 6.45) is 0. The molecule has 0 radical (unpaired) electrons. The molecule has 0 bridgehead atoms. The van der Waals surface area contributed by atoms with Gasteiger partial charge in [-0.1, -0.05) is 30.3 Å². The first-order valence-electron chi connectivity index (χ1n) is 9.79. The maximum atomic E-state index is 13.3. The fraction of sp³-hybridized carbons (Fsp3) is 0.208. The minimum atomic E-state index is -0.264. The van der Waals surface area contributed by atoms with Crippen LogP contribution in [0.5, 0.6) is 0 Å². The summed E-state index contributed by atoms with van der Waals surface area (Å²) in [5.41, 5.74) is 3.98. The molecule has 29 heavy (non-hydrogen) atoms. The summed E-state index contributed by atoms with van der Waals surface area (Å²) in [5, 5.41) is 5.31. The Balaban J connectivity index is 1.50. The number of halogens is 1. The third-order valence-electron chi connectivity index (χ3n) is 5.13. The minimum absolute atomic E-state index is 0.0949. The topological polar surface area (TPSA) is 37.3 Å². The van der Waals surface area contributed by atoms with Gasteiger partial charge in [0.1, 0.15) is 5.82 Å². The van der Waals surface area contributed by atoms with Crippen LogP contribution in [0.4, 0.5) is 10.1 Å². The van der Waals surface area contributed by atoms with Gasteiger partial charge in [0.15, 0.2) is 0 Å². The lowest BCUT2D eigenvalue weighted by Crippen LogP contribution is -2.29. The molecule has 5 heteroatoms. The molecule has 0 aliphatic heterocycles. The molecular formula is C24H24FN3O. The molecule has 0 aliphatic carbocycles. The van der Waals surface area contributed by atoms with E-state index in [1.165, 1.54) is 23.0 Å². The number of nitrogens with zero attached hydrogens (tertiary/aromatic N) is 2. The molecular weight excluding hydrogens is 365 g/mol. The zero-order valence-corrected chi connectivity index (χ0v) is 16.7. The Morgan fingerprint density at radius 2 is 1.79 bits per heavy atom. The Bertz CT molecular complexity index is 1180. The minimum Gasteiger partial charge on any atom is -0.341 e. The van der Waals surface area contributed by atoms with Gasteiger partial charge in [-0.2, -0.15) is 0 Å². The summed E-state index contributed by atoms with van der Waals surface area (Å²) in [7, 11) is 1.85. The Morgan fingerprint density at radius 1 is 1.00 bits per heavy atom. The van der Waals surface area contributed by atoms with Crippen molar-refractivity contribution in [3.63, 3.8) is 0 Å². The van der Waals surface area contributed by atoms with E-state index in [2.05, 4.69) is 35.0 Å². The first-order valence-corrected chi connectivity index (χ1v) is 9.79. The zero-order valence-electron chi connectivity index (χ0n) is 16.7. The lowest BCUT2D eigenvalue weighted by molar-refractivity contribution is -0.117. The molecule has 1 N–H and O–H groups in total. The van der Waals surface area contributed by atoms with Gasteiger partial charge < -0.3 is 9.88 Å². The predicted octanol–water partition coefficient (Wildman–Crippen LogP) is 5.02. The van der Waals surface area contributed by atoms with E-state index in [1.54, 1.807) is 6.07 Å². The molecule has 0 saturated heterocycles.